The number of nitro benzene ring substituents is 1. The van der Waals surface area contributed by atoms with E-state index in [0.717, 1.165) is 0 Å². The molecule has 0 unspecified atom stereocenters. The third kappa shape index (κ3) is 2.16. The maximum Gasteiger partial charge on any atom is 0.316 e. The fourth-order valence-electron chi connectivity index (χ4n) is 1.32. The quantitative estimate of drug-likeness (QED) is 0.445. The molecule has 3 N–H and O–H groups in total. The number of nitrogens with two attached hydrogens (primary N) is 1. The van der Waals surface area contributed by atoms with Crippen LogP contribution in [0.3, 0.4) is 0 Å². The van der Waals surface area contributed by atoms with Gasteiger partial charge in [-0.15, -0.1) is 0 Å². The molecule has 0 atom stereocenters. The third-order valence-corrected chi connectivity index (χ3v) is 2.24. The lowest BCUT2D eigenvalue weighted by molar-refractivity contribution is -0.383. The first-order valence-electron chi connectivity index (χ1n) is 4.57. The number of para-hydroxylation sites is 1. The van der Waals surface area contributed by atoms with Gasteiger partial charge in [0, 0.05) is 13.6 Å². The van der Waals surface area contributed by atoms with Crippen LogP contribution in [0.1, 0.15) is 6.92 Å². The van der Waals surface area contributed by atoms with Crippen LogP contribution in [0, 0.1) is 10.1 Å². The van der Waals surface area contributed by atoms with Crippen molar-refractivity contribution in [1.29, 1.82) is 0 Å². The Morgan fingerprint density at radius 1 is 1.60 bits per heavy atom. The molecule has 1 aromatic carbocycles. The second-order valence-electron chi connectivity index (χ2n) is 3.09. The van der Waals surface area contributed by atoms with Crippen LogP contribution >= 0.6 is 0 Å². The van der Waals surface area contributed by atoms with Crippen LogP contribution in [-0.2, 0) is 0 Å². The molecule has 0 saturated carbocycles. The lowest BCUT2D eigenvalue weighted by Crippen LogP contribution is -2.18. The second kappa shape index (κ2) is 4.61. The van der Waals surface area contributed by atoms with E-state index in [9.17, 15) is 10.1 Å². The molecule has 0 saturated heterocycles. The van der Waals surface area contributed by atoms with Crippen LogP contribution in [0.2, 0.25) is 0 Å². The number of hydrogen-bond donors (Lipinski definition) is 2. The Hall–Kier alpha value is -1.82. The van der Waals surface area contributed by atoms with Gasteiger partial charge in [-0.2, -0.15) is 0 Å². The average molecular weight is 210 g/mol. The van der Waals surface area contributed by atoms with E-state index >= 15 is 0 Å². The summed E-state index contributed by atoms with van der Waals surface area (Å²) in [7, 11) is 1.79. The standard InChI is InChI=1S/C9H14N4O2/c1-3-12(2)8-6-4-5-7(11-10)9(8)13(14)15/h4-6,11H,3,10H2,1-2H3. The Morgan fingerprint density at radius 3 is 2.73 bits per heavy atom. The number of nitrogen functional groups attached to an aromatic ring is 1. The second-order valence-corrected chi connectivity index (χ2v) is 3.09. The van der Waals surface area contributed by atoms with E-state index in [-0.39, 0.29) is 5.69 Å². The number of anilines is 2. The number of rotatable bonds is 4. The number of hydrazine groups is 1. The summed E-state index contributed by atoms with van der Waals surface area (Å²) >= 11 is 0. The van der Waals surface area contributed by atoms with Crippen molar-refractivity contribution in [1.82, 2.24) is 0 Å². The van der Waals surface area contributed by atoms with Crippen molar-refractivity contribution in [2.24, 2.45) is 5.84 Å². The average Bonchev–Trinajstić information content (AvgIpc) is 2.26. The molecule has 0 radical (unpaired) electrons. The number of nitro groups is 1. The minimum absolute atomic E-state index is 0.00403. The van der Waals surface area contributed by atoms with Crippen molar-refractivity contribution < 1.29 is 4.92 Å². The maximum absolute atomic E-state index is 10.9. The van der Waals surface area contributed by atoms with E-state index in [0.29, 0.717) is 17.9 Å². The molecule has 1 rings (SSSR count). The summed E-state index contributed by atoms with van der Waals surface area (Å²) in [6, 6.07) is 5.00. The van der Waals surface area contributed by atoms with Gasteiger partial charge in [-0.3, -0.25) is 16.0 Å². The van der Waals surface area contributed by atoms with Crippen LogP contribution in [0.5, 0.6) is 0 Å². The highest BCUT2D eigenvalue weighted by Gasteiger charge is 2.20. The van der Waals surface area contributed by atoms with Crippen molar-refractivity contribution in [2.75, 3.05) is 23.9 Å². The highest BCUT2D eigenvalue weighted by Crippen LogP contribution is 2.34. The lowest BCUT2D eigenvalue weighted by Gasteiger charge is -2.17. The molecule has 0 bridgehead atoms. The summed E-state index contributed by atoms with van der Waals surface area (Å²) < 4.78 is 0. The molecule has 0 aliphatic heterocycles. The van der Waals surface area contributed by atoms with Gasteiger partial charge in [-0.05, 0) is 19.1 Å². The first-order valence-corrected chi connectivity index (χ1v) is 4.57. The molecule has 0 aromatic heterocycles. The fourth-order valence-corrected chi connectivity index (χ4v) is 1.32. The van der Waals surface area contributed by atoms with E-state index in [4.69, 9.17) is 5.84 Å². The third-order valence-electron chi connectivity index (χ3n) is 2.24. The largest absolute Gasteiger partial charge is 0.369 e. The SMILES string of the molecule is CCN(C)c1cccc(NN)c1[N+](=O)[O-]. The molecule has 6 heteroatoms. The van der Waals surface area contributed by atoms with Crippen molar-refractivity contribution >= 4 is 17.1 Å². The predicted octanol–water partition coefficient (Wildman–Crippen LogP) is 1.34. The van der Waals surface area contributed by atoms with Crippen LogP contribution in [0.15, 0.2) is 18.2 Å². The number of benzene rings is 1. The first kappa shape index (κ1) is 11.3. The Labute approximate surface area is 87.8 Å². The Balaban J connectivity index is 3.31. The van der Waals surface area contributed by atoms with E-state index in [2.05, 4.69) is 5.43 Å². The van der Waals surface area contributed by atoms with Crippen molar-refractivity contribution in [3.05, 3.63) is 28.3 Å². The van der Waals surface area contributed by atoms with Crippen molar-refractivity contribution in [3.8, 4) is 0 Å². The molecule has 0 heterocycles. The Kier molecular flexibility index (Phi) is 3.46. The van der Waals surface area contributed by atoms with Gasteiger partial charge in [0.05, 0.1) is 4.92 Å². The molecule has 15 heavy (non-hydrogen) atoms. The zero-order valence-corrected chi connectivity index (χ0v) is 8.73. The van der Waals surface area contributed by atoms with Gasteiger partial charge in [-0.25, -0.2) is 0 Å². The van der Waals surface area contributed by atoms with Gasteiger partial charge < -0.3 is 10.3 Å². The van der Waals surface area contributed by atoms with E-state index in [1.165, 1.54) is 0 Å². The van der Waals surface area contributed by atoms with Gasteiger partial charge in [-0.1, -0.05) is 6.07 Å². The molecule has 0 amide bonds. The summed E-state index contributed by atoms with van der Waals surface area (Å²) in [5, 5.41) is 10.9. The monoisotopic (exact) mass is 210 g/mol. The zero-order chi connectivity index (χ0) is 11.4. The Morgan fingerprint density at radius 2 is 2.27 bits per heavy atom. The van der Waals surface area contributed by atoms with E-state index in [1.807, 2.05) is 6.92 Å². The topological polar surface area (TPSA) is 84.4 Å². The molecular weight excluding hydrogens is 196 g/mol. The van der Waals surface area contributed by atoms with Crippen molar-refractivity contribution in [3.63, 3.8) is 0 Å². The number of nitrogens with zero attached hydrogens (tertiary/aromatic N) is 2. The van der Waals surface area contributed by atoms with Gasteiger partial charge in [0.15, 0.2) is 0 Å². The minimum atomic E-state index is -0.434. The molecule has 6 nitrogen and oxygen atoms in total. The zero-order valence-electron chi connectivity index (χ0n) is 8.73. The summed E-state index contributed by atoms with van der Waals surface area (Å²) in [5.74, 6) is 5.23. The first-order chi connectivity index (χ1) is 7.11. The van der Waals surface area contributed by atoms with Gasteiger partial charge in [0.2, 0.25) is 0 Å². The smallest absolute Gasteiger partial charge is 0.316 e. The predicted molar refractivity (Wildman–Crippen MR) is 59.9 cm³/mol. The van der Waals surface area contributed by atoms with E-state index < -0.39 is 4.92 Å². The minimum Gasteiger partial charge on any atom is -0.369 e. The molecule has 82 valence electrons. The van der Waals surface area contributed by atoms with Gasteiger partial charge in [0.25, 0.3) is 0 Å². The van der Waals surface area contributed by atoms with Crippen LogP contribution < -0.4 is 16.2 Å². The van der Waals surface area contributed by atoms with Crippen LogP contribution in [0.25, 0.3) is 0 Å². The molecule has 0 aliphatic carbocycles. The highest BCUT2D eigenvalue weighted by atomic mass is 16.6. The lowest BCUT2D eigenvalue weighted by atomic mass is 10.2. The normalized spacial score (nSPS) is 9.80. The molecule has 0 aliphatic rings. The summed E-state index contributed by atoms with van der Waals surface area (Å²) in [6.45, 7) is 2.61. The molecule has 1 aromatic rings. The highest BCUT2D eigenvalue weighted by molar-refractivity contribution is 5.76. The summed E-state index contributed by atoms with van der Waals surface area (Å²) in [5.41, 5.74) is 3.20. The molecular formula is C9H14N4O2. The summed E-state index contributed by atoms with van der Waals surface area (Å²) in [6.07, 6.45) is 0. The van der Waals surface area contributed by atoms with Gasteiger partial charge >= 0.3 is 5.69 Å². The van der Waals surface area contributed by atoms with Crippen molar-refractivity contribution in [2.45, 2.75) is 6.92 Å². The van der Waals surface area contributed by atoms with Gasteiger partial charge in [0.1, 0.15) is 11.4 Å². The summed E-state index contributed by atoms with van der Waals surface area (Å²) in [4.78, 5) is 12.3. The maximum atomic E-state index is 10.9. The molecule has 0 fully saturated rings. The van der Waals surface area contributed by atoms with Crippen LogP contribution in [-0.4, -0.2) is 18.5 Å². The number of nitrogens with one attached hydrogen (secondary N) is 1. The Bertz CT molecular complexity index is 367. The van der Waals surface area contributed by atoms with E-state index in [1.54, 1.807) is 30.1 Å². The fraction of sp³-hybridized carbons (Fsp3) is 0.333. The van der Waals surface area contributed by atoms with Crippen LogP contribution in [0.4, 0.5) is 17.1 Å². The number of hydrogen-bond acceptors (Lipinski definition) is 5. The molecule has 0 spiro atoms.